The molecule has 1 aliphatic heterocycles. The average molecular weight is 307 g/mol. The molecule has 0 aromatic heterocycles. The fraction of sp³-hybridized carbons (Fsp3) is 0.944. The number of hydrogen-bond acceptors (Lipinski definition) is 2. The van der Waals surface area contributed by atoms with E-state index in [1.54, 1.807) is 0 Å². The molecule has 0 radical (unpaired) electrons. The van der Waals surface area contributed by atoms with Gasteiger partial charge in [-0.3, -0.25) is 4.99 Å². The zero-order valence-corrected chi connectivity index (χ0v) is 14.5. The summed E-state index contributed by atoms with van der Waals surface area (Å²) in [5, 5.41) is 7.20. The van der Waals surface area contributed by atoms with Crippen molar-refractivity contribution in [1.82, 2.24) is 10.6 Å². The van der Waals surface area contributed by atoms with E-state index in [0.717, 1.165) is 31.6 Å². The highest BCUT2D eigenvalue weighted by atomic mass is 16.5. The Morgan fingerprint density at radius 2 is 2.18 bits per heavy atom. The normalized spacial score (nSPS) is 32.5. The Labute approximate surface area is 135 Å². The predicted molar refractivity (Wildman–Crippen MR) is 91.1 cm³/mol. The number of rotatable bonds is 6. The molecular formula is C18H33N3O. The van der Waals surface area contributed by atoms with E-state index in [4.69, 9.17) is 9.73 Å². The SMILES string of the molecule is CCNC(=NCCCC(C)C)NC1C2CCOC2C12CCC2. The lowest BCUT2D eigenvalue weighted by Crippen LogP contribution is -2.72. The molecule has 0 amide bonds. The lowest BCUT2D eigenvalue weighted by Gasteiger charge is -2.63. The molecule has 3 aliphatic rings. The molecule has 4 heteroatoms. The van der Waals surface area contributed by atoms with E-state index in [9.17, 15) is 0 Å². The number of nitrogens with zero attached hydrogens (tertiary/aromatic N) is 1. The molecule has 2 N–H and O–H groups in total. The minimum Gasteiger partial charge on any atom is -0.377 e. The van der Waals surface area contributed by atoms with E-state index in [1.807, 2.05) is 0 Å². The van der Waals surface area contributed by atoms with Crippen LogP contribution in [-0.4, -0.2) is 37.8 Å². The number of guanidine groups is 1. The fourth-order valence-corrected chi connectivity index (χ4v) is 4.61. The van der Waals surface area contributed by atoms with Gasteiger partial charge in [0.1, 0.15) is 0 Å². The predicted octanol–water partition coefficient (Wildman–Crippen LogP) is 2.94. The van der Waals surface area contributed by atoms with Crippen molar-refractivity contribution in [2.75, 3.05) is 19.7 Å². The number of hydrogen-bond donors (Lipinski definition) is 2. The van der Waals surface area contributed by atoms with Crippen LogP contribution in [0.3, 0.4) is 0 Å². The summed E-state index contributed by atoms with van der Waals surface area (Å²) in [7, 11) is 0. The first-order valence-corrected chi connectivity index (χ1v) is 9.34. The quantitative estimate of drug-likeness (QED) is 0.450. The summed E-state index contributed by atoms with van der Waals surface area (Å²) >= 11 is 0. The fourth-order valence-electron chi connectivity index (χ4n) is 4.61. The molecule has 1 spiro atoms. The number of nitrogens with one attached hydrogen (secondary N) is 2. The Balaban J connectivity index is 1.57. The molecule has 0 aromatic carbocycles. The summed E-state index contributed by atoms with van der Waals surface area (Å²) < 4.78 is 6.01. The van der Waals surface area contributed by atoms with Crippen molar-refractivity contribution in [1.29, 1.82) is 0 Å². The zero-order chi connectivity index (χ0) is 15.6. The van der Waals surface area contributed by atoms with Crippen LogP contribution in [-0.2, 0) is 4.74 Å². The first kappa shape index (κ1) is 16.1. The molecule has 3 unspecified atom stereocenters. The van der Waals surface area contributed by atoms with E-state index >= 15 is 0 Å². The van der Waals surface area contributed by atoms with Gasteiger partial charge in [0.05, 0.1) is 6.10 Å². The molecule has 4 nitrogen and oxygen atoms in total. The van der Waals surface area contributed by atoms with E-state index in [-0.39, 0.29) is 0 Å². The van der Waals surface area contributed by atoms with Crippen LogP contribution in [0.2, 0.25) is 0 Å². The largest absolute Gasteiger partial charge is 0.377 e. The summed E-state index contributed by atoms with van der Waals surface area (Å²) in [6, 6.07) is 0.580. The van der Waals surface area contributed by atoms with Crippen LogP contribution in [0.5, 0.6) is 0 Å². The second kappa shape index (κ2) is 6.77. The number of aliphatic imine (C=N–C) groups is 1. The molecular weight excluding hydrogens is 274 g/mol. The van der Waals surface area contributed by atoms with E-state index in [0.29, 0.717) is 23.5 Å². The van der Waals surface area contributed by atoms with Crippen LogP contribution in [0.15, 0.2) is 4.99 Å². The molecule has 3 rings (SSSR count). The third kappa shape index (κ3) is 2.86. The van der Waals surface area contributed by atoms with Gasteiger partial charge >= 0.3 is 0 Å². The average Bonchev–Trinajstić information content (AvgIpc) is 2.84. The molecule has 22 heavy (non-hydrogen) atoms. The van der Waals surface area contributed by atoms with Crippen molar-refractivity contribution in [3.63, 3.8) is 0 Å². The van der Waals surface area contributed by atoms with Gasteiger partial charge in [-0.15, -0.1) is 0 Å². The molecule has 3 fully saturated rings. The molecule has 3 atom stereocenters. The van der Waals surface area contributed by atoms with Crippen LogP contribution < -0.4 is 10.6 Å². The highest BCUT2D eigenvalue weighted by Crippen LogP contribution is 2.62. The topological polar surface area (TPSA) is 45.7 Å². The molecule has 1 saturated heterocycles. The first-order valence-electron chi connectivity index (χ1n) is 9.34. The second-order valence-electron chi connectivity index (χ2n) is 7.75. The van der Waals surface area contributed by atoms with Crippen molar-refractivity contribution < 1.29 is 4.74 Å². The van der Waals surface area contributed by atoms with Crippen molar-refractivity contribution in [3.05, 3.63) is 0 Å². The maximum absolute atomic E-state index is 6.01. The molecule has 126 valence electrons. The minimum atomic E-state index is 0.426. The lowest BCUT2D eigenvalue weighted by molar-refractivity contribution is -0.171. The van der Waals surface area contributed by atoms with Crippen molar-refractivity contribution in [2.45, 2.75) is 71.4 Å². The minimum absolute atomic E-state index is 0.426. The van der Waals surface area contributed by atoms with Gasteiger partial charge in [0.15, 0.2) is 5.96 Å². The maximum atomic E-state index is 6.01. The Morgan fingerprint density at radius 1 is 1.36 bits per heavy atom. The van der Waals surface area contributed by atoms with Crippen LogP contribution in [0.25, 0.3) is 0 Å². The van der Waals surface area contributed by atoms with Crippen molar-refractivity contribution in [2.24, 2.45) is 22.2 Å². The second-order valence-corrected chi connectivity index (χ2v) is 7.75. The number of fused-ring (bicyclic) bond motifs is 2. The van der Waals surface area contributed by atoms with E-state index < -0.39 is 0 Å². The first-order chi connectivity index (χ1) is 10.7. The van der Waals surface area contributed by atoms with Gasteiger partial charge in [-0.1, -0.05) is 20.3 Å². The Hall–Kier alpha value is -0.770. The molecule has 0 bridgehead atoms. The molecule has 2 saturated carbocycles. The standard InChI is InChI=1S/C18H33N3O/c1-4-19-17(20-11-5-7-13(2)3)21-15-14-8-12-22-16(14)18(15)9-6-10-18/h13-16H,4-12H2,1-3H3,(H2,19,20,21). The Morgan fingerprint density at radius 3 is 2.82 bits per heavy atom. The van der Waals surface area contributed by atoms with Crippen molar-refractivity contribution in [3.8, 4) is 0 Å². The third-order valence-electron chi connectivity index (χ3n) is 5.88. The van der Waals surface area contributed by atoms with Gasteiger partial charge in [-0.25, -0.2) is 0 Å². The van der Waals surface area contributed by atoms with Gasteiger partial charge in [0.25, 0.3) is 0 Å². The monoisotopic (exact) mass is 307 g/mol. The number of ether oxygens (including phenoxy) is 1. The highest BCUT2D eigenvalue weighted by molar-refractivity contribution is 5.80. The maximum Gasteiger partial charge on any atom is 0.191 e. The summed E-state index contributed by atoms with van der Waals surface area (Å²) in [5.74, 6) is 2.50. The summed E-state index contributed by atoms with van der Waals surface area (Å²) in [5.41, 5.74) is 0.426. The Kier molecular flexibility index (Phi) is 4.96. The zero-order valence-electron chi connectivity index (χ0n) is 14.5. The highest BCUT2D eigenvalue weighted by Gasteiger charge is 2.66. The van der Waals surface area contributed by atoms with Crippen molar-refractivity contribution >= 4 is 5.96 Å². The van der Waals surface area contributed by atoms with Crippen LogP contribution in [0, 0.1) is 17.3 Å². The van der Waals surface area contributed by atoms with Crippen LogP contribution >= 0.6 is 0 Å². The molecule has 0 aromatic rings. The lowest BCUT2D eigenvalue weighted by atomic mass is 9.46. The van der Waals surface area contributed by atoms with Crippen LogP contribution in [0.4, 0.5) is 0 Å². The summed E-state index contributed by atoms with van der Waals surface area (Å²) in [4.78, 5) is 4.80. The molecule has 1 heterocycles. The van der Waals surface area contributed by atoms with Gasteiger partial charge in [-0.05, 0) is 44.9 Å². The summed E-state index contributed by atoms with van der Waals surface area (Å²) in [6.07, 6.45) is 8.22. The van der Waals surface area contributed by atoms with Gasteiger partial charge in [-0.2, -0.15) is 0 Å². The van der Waals surface area contributed by atoms with E-state index in [2.05, 4.69) is 31.4 Å². The summed E-state index contributed by atoms with van der Waals surface area (Å²) in [6.45, 7) is 9.52. The smallest absolute Gasteiger partial charge is 0.191 e. The third-order valence-corrected chi connectivity index (χ3v) is 5.88. The Bertz CT molecular complexity index is 403. The van der Waals surface area contributed by atoms with Gasteiger partial charge in [0, 0.05) is 37.1 Å². The van der Waals surface area contributed by atoms with Gasteiger partial charge in [0.2, 0.25) is 0 Å². The van der Waals surface area contributed by atoms with E-state index in [1.165, 1.54) is 38.5 Å². The van der Waals surface area contributed by atoms with Gasteiger partial charge < -0.3 is 15.4 Å². The van der Waals surface area contributed by atoms with Crippen LogP contribution in [0.1, 0.15) is 59.3 Å². The molecule has 2 aliphatic carbocycles.